The number of rotatable bonds is 8. The van der Waals surface area contributed by atoms with Crippen LogP contribution in [0, 0.1) is 16.0 Å². The monoisotopic (exact) mass is 386 g/mol. The highest BCUT2D eigenvalue weighted by Gasteiger charge is 2.29. The SMILES string of the molecule is CC(C)OC(=O)NC(CS(=O)(=O)C(C)c1ccc([N+](=O)[O-])cc1)C(C)C. The number of nitrogens with zero attached hydrogens (tertiary/aromatic N) is 1. The summed E-state index contributed by atoms with van der Waals surface area (Å²) in [6.45, 7) is 8.56. The van der Waals surface area contributed by atoms with Crippen molar-refractivity contribution in [3.63, 3.8) is 0 Å². The quantitative estimate of drug-likeness (QED) is 0.542. The molecule has 0 spiro atoms. The van der Waals surface area contributed by atoms with E-state index in [1.807, 2.05) is 13.8 Å². The van der Waals surface area contributed by atoms with Gasteiger partial charge in [-0.3, -0.25) is 10.1 Å². The Morgan fingerprint density at radius 2 is 1.69 bits per heavy atom. The molecule has 0 fully saturated rings. The van der Waals surface area contributed by atoms with Crippen molar-refractivity contribution in [2.75, 3.05) is 5.75 Å². The molecule has 0 aromatic heterocycles. The Hall–Kier alpha value is -2.16. The molecule has 0 aliphatic rings. The lowest BCUT2D eigenvalue weighted by molar-refractivity contribution is -0.384. The Morgan fingerprint density at radius 1 is 1.15 bits per heavy atom. The number of alkyl carbamates (subject to hydrolysis) is 1. The highest BCUT2D eigenvalue weighted by atomic mass is 32.2. The van der Waals surface area contributed by atoms with Crippen LogP contribution in [0.3, 0.4) is 0 Å². The number of non-ortho nitro benzene ring substituents is 1. The van der Waals surface area contributed by atoms with Gasteiger partial charge in [0.1, 0.15) is 0 Å². The van der Waals surface area contributed by atoms with Crippen LogP contribution in [-0.2, 0) is 14.6 Å². The van der Waals surface area contributed by atoms with E-state index in [1.54, 1.807) is 13.8 Å². The Balaban J connectivity index is 2.92. The van der Waals surface area contributed by atoms with Gasteiger partial charge in [0, 0.05) is 18.2 Å². The molecule has 1 rings (SSSR count). The molecule has 146 valence electrons. The molecule has 0 saturated carbocycles. The van der Waals surface area contributed by atoms with Gasteiger partial charge in [-0.1, -0.05) is 26.0 Å². The molecule has 0 radical (unpaired) electrons. The number of nitro groups is 1. The Bertz CT molecular complexity index is 728. The van der Waals surface area contributed by atoms with Crippen LogP contribution in [0.1, 0.15) is 45.4 Å². The number of ether oxygens (including phenoxy) is 1. The molecule has 9 heteroatoms. The first-order valence-electron chi connectivity index (χ1n) is 8.37. The number of nitro benzene ring substituents is 1. The van der Waals surface area contributed by atoms with E-state index in [0.717, 1.165) is 0 Å². The number of hydrogen-bond acceptors (Lipinski definition) is 6. The predicted molar refractivity (Wildman–Crippen MR) is 98.7 cm³/mol. The van der Waals surface area contributed by atoms with E-state index in [4.69, 9.17) is 4.74 Å². The van der Waals surface area contributed by atoms with Crippen molar-refractivity contribution < 1.29 is 22.9 Å². The summed E-state index contributed by atoms with van der Waals surface area (Å²) in [4.78, 5) is 22.0. The largest absolute Gasteiger partial charge is 0.447 e. The Morgan fingerprint density at radius 3 is 2.12 bits per heavy atom. The van der Waals surface area contributed by atoms with E-state index in [0.29, 0.717) is 5.56 Å². The molecular formula is C17H26N2O6S. The van der Waals surface area contributed by atoms with Crippen molar-refractivity contribution in [1.29, 1.82) is 0 Å². The molecule has 1 N–H and O–H groups in total. The molecule has 2 atom stereocenters. The second-order valence-corrected chi connectivity index (χ2v) is 9.14. The van der Waals surface area contributed by atoms with Crippen LogP contribution in [-0.4, -0.2) is 37.3 Å². The topological polar surface area (TPSA) is 116 Å². The number of benzene rings is 1. The lowest BCUT2D eigenvalue weighted by Crippen LogP contribution is -2.44. The molecule has 0 saturated heterocycles. The van der Waals surface area contributed by atoms with Crippen molar-refractivity contribution in [1.82, 2.24) is 5.32 Å². The zero-order valence-electron chi connectivity index (χ0n) is 15.6. The zero-order chi connectivity index (χ0) is 20.1. The molecule has 8 nitrogen and oxygen atoms in total. The Kier molecular flexibility index (Phi) is 7.55. The van der Waals surface area contributed by atoms with Crippen LogP contribution in [0.15, 0.2) is 24.3 Å². The third kappa shape index (κ3) is 6.29. The fourth-order valence-electron chi connectivity index (χ4n) is 2.27. The van der Waals surface area contributed by atoms with Gasteiger partial charge in [-0.15, -0.1) is 0 Å². The number of hydrogen-bond donors (Lipinski definition) is 1. The number of carbonyl (C=O) groups excluding carboxylic acids is 1. The molecule has 1 aromatic carbocycles. The molecule has 0 bridgehead atoms. The van der Waals surface area contributed by atoms with Crippen molar-refractivity contribution in [3.05, 3.63) is 39.9 Å². The molecule has 26 heavy (non-hydrogen) atoms. The van der Waals surface area contributed by atoms with Crippen molar-refractivity contribution in [3.8, 4) is 0 Å². The van der Waals surface area contributed by atoms with E-state index < -0.39 is 32.1 Å². The standard InChI is InChI=1S/C17H26N2O6S/c1-11(2)16(18-17(20)25-12(3)4)10-26(23,24)13(5)14-6-8-15(9-7-14)19(21)22/h6-9,11-13,16H,10H2,1-5H3,(H,18,20). The maximum atomic E-state index is 12.7. The van der Waals surface area contributed by atoms with E-state index in [2.05, 4.69) is 5.32 Å². The molecule has 0 heterocycles. The van der Waals surface area contributed by atoms with E-state index in [-0.39, 0.29) is 23.5 Å². The fourth-order valence-corrected chi connectivity index (χ4v) is 4.10. The van der Waals surface area contributed by atoms with Gasteiger partial charge in [0.2, 0.25) is 0 Å². The zero-order valence-corrected chi connectivity index (χ0v) is 16.4. The summed E-state index contributed by atoms with van der Waals surface area (Å²) in [5, 5.41) is 12.5. The third-order valence-electron chi connectivity index (χ3n) is 3.97. The summed E-state index contributed by atoms with van der Waals surface area (Å²) in [5.41, 5.74) is 0.361. The first kappa shape index (κ1) is 21.9. The summed E-state index contributed by atoms with van der Waals surface area (Å²) in [5.74, 6) is -0.371. The molecule has 2 unspecified atom stereocenters. The van der Waals surface area contributed by atoms with Gasteiger partial charge in [0.05, 0.1) is 22.0 Å². The summed E-state index contributed by atoms with van der Waals surface area (Å²) in [6.07, 6.45) is -0.963. The van der Waals surface area contributed by atoms with Gasteiger partial charge in [-0.2, -0.15) is 0 Å². The number of sulfone groups is 1. The van der Waals surface area contributed by atoms with Crippen LogP contribution in [0.25, 0.3) is 0 Å². The van der Waals surface area contributed by atoms with Crippen molar-refractivity contribution >= 4 is 21.6 Å². The van der Waals surface area contributed by atoms with Gasteiger partial charge in [-0.05, 0) is 32.3 Å². The van der Waals surface area contributed by atoms with Crippen molar-refractivity contribution in [2.24, 2.45) is 5.92 Å². The molecule has 0 aliphatic carbocycles. The number of nitrogens with one attached hydrogen (secondary N) is 1. The number of amides is 1. The van der Waals surface area contributed by atoms with Gasteiger partial charge in [-0.25, -0.2) is 13.2 Å². The fraction of sp³-hybridized carbons (Fsp3) is 0.588. The first-order chi connectivity index (χ1) is 11.9. The lowest BCUT2D eigenvalue weighted by atomic mass is 10.1. The summed E-state index contributed by atoms with van der Waals surface area (Å²) in [7, 11) is -3.60. The van der Waals surface area contributed by atoms with Crippen LogP contribution in [0.5, 0.6) is 0 Å². The smallest absolute Gasteiger partial charge is 0.407 e. The minimum Gasteiger partial charge on any atom is -0.447 e. The highest BCUT2D eigenvalue weighted by molar-refractivity contribution is 7.91. The van der Waals surface area contributed by atoms with Gasteiger partial charge in [0.15, 0.2) is 9.84 Å². The van der Waals surface area contributed by atoms with Crippen LogP contribution < -0.4 is 5.32 Å². The van der Waals surface area contributed by atoms with Gasteiger partial charge >= 0.3 is 6.09 Å². The van der Waals surface area contributed by atoms with Gasteiger partial charge < -0.3 is 10.1 Å². The van der Waals surface area contributed by atoms with Crippen LogP contribution >= 0.6 is 0 Å². The summed E-state index contributed by atoms with van der Waals surface area (Å²) < 4.78 is 30.5. The van der Waals surface area contributed by atoms with Gasteiger partial charge in [0.25, 0.3) is 5.69 Å². The third-order valence-corrected chi connectivity index (χ3v) is 6.15. The predicted octanol–water partition coefficient (Wildman–Crippen LogP) is 3.23. The molecule has 0 aliphatic heterocycles. The second kappa shape index (κ2) is 8.98. The van der Waals surface area contributed by atoms with Crippen LogP contribution in [0.2, 0.25) is 0 Å². The molecule has 1 amide bonds. The van der Waals surface area contributed by atoms with E-state index in [1.165, 1.54) is 31.2 Å². The van der Waals surface area contributed by atoms with E-state index >= 15 is 0 Å². The van der Waals surface area contributed by atoms with Crippen LogP contribution in [0.4, 0.5) is 10.5 Å². The number of carbonyl (C=O) groups is 1. The molecular weight excluding hydrogens is 360 g/mol. The second-order valence-electron chi connectivity index (χ2n) is 6.77. The minimum atomic E-state index is -3.60. The normalized spacial score (nSPS) is 14.1. The van der Waals surface area contributed by atoms with Crippen molar-refractivity contribution in [2.45, 2.75) is 52.0 Å². The summed E-state index contributed by atoms with van der Waals surface area (Å²) in [6, 6.07) is 4.82. The average molecular weight is 386 g/mol. The lowest BCUT2D eigenvalue weighted by Gasteiger charge is -2.24. The Labute approximate surface area is 154 Å². The average Bonchev–Trinajstić information content (AvgIpc) is 2.52. The molecule has 1 aromatic rings. The minimum absolute atomic E-state index is 0.100. The van der Waals surface area contributed by atoms with E-state index in [9.17, 15) is 23.3 Å². The first-order valence-corrected chi connectivity index (χ1v) is 10.1. The highest BCUT2D eigenvalue weighted by Crippen LogP contribution is 2.26. The maximum absolute atomic E-state index is 12.7. The summed E-state index contributed by atoms with van der Waals surface area (Å²) >= 11 is 0. The maximum Gasteiger partial charge on any atom is 0.407 e.